The number of unbranched alkanes of at least 4 members (excludes halogenated alkanes) is 3. The van der Waals surface area contributed by atoms with E-state index in [0.29, 0.717) is 24.2 Å². The zero-order valence-electron chi connectivity index (χ0n) is 20.3. The number of fused-ring (bicyclic) bond motifs is 1. The average molecular weight is 434 g/mol. The van der Waals surface area contributed by atoms with E-state index in [0.717, 1.165) is 77.3 Å². The number of amides is 1. The van der Waals surface area contributed by atoms with Gasteiger partial charge in [-0.2, -0.15) is 0 Å². The first-order chi connectivity index (χ1) is 15.0. The van der Waals surface area contributed by atoms with E-state index in [-0.39, 0.29) is 18.1 Å². The van der Waals surface area contributed by atoms with Crippen molar-refractivity contribution in [2.24, 2.45) is 17.8 Å². The van der Waals surface area contributed by atoms with Gasteiger partial charge in [-0.25, -0.2) is 0 Å². The summed E-state index contributed by atoms with van der Waals surface area (Å²) in [6.45, 7) is 8.20. The van der Waals surface area contributed by atoms with Crippen molar-refractivity contribution in [2.75, 3.05) is 13.1 Å². The molecule has 1 fully saturated rings. The van der Waals surface area contributed by atoms with Crippen molar-refractivity contribution < 1.29 is 15.0 Å². The predicted molar refractivity (Wildman–Crippen MR) is 129 cm³/mol. The molecule has 0 aromatic rings. The summed E-state index contributed by atoms with van der Waals surface area (Å²) in [5, 5.41) is 20.7. The Labute approximate surface area is 190 Å². The van der Waals surface area contributed by atoms with E-state index in [1.807, 2.05) is 11.0 Å². The topological polar surface area (TPSA) is 60.8 Å². The second-order valence-electron chi connectivity index (χ2n) is 9.77. The summed E-state index contributed by atoms with van der Waals surface area (Å²) >= 11 is 0. The van der Waals surface area contributed by atoms with Gasteiger partial charge >= 0.3 is 0 Å². The molecular weight excluding hydrogens is 386 g/mol. The highest BCUT2D eigenvalue weighted by Crippen LogP contribution is 2.48. The average Bonchev–Trinajstić information content (AvgIpc) is 3.25. The molecule has 0 radical (unpaired) electrons. The van der Waals surface area contributed by atoms with Crippen molar-refractivity contribution in [3.63, 3.8) is 0 Å². The molecule has 1 amide bonds. The summed E-state index contributed by atoms with van der Waals surface area (Å²) in [6, 6.07) is 0. The molecule has 4 nitrogen and oxygen atoms in total. The molecular formula is C27H47NO3. The van der Waals surface area contributed by atoms with E-state index >= 15 is 0 Å². The number of hydrogen-bond donors (Lipinski definition) is 2. The van der Waals surface area contributed by atoms with Crippen molar-refractivity contribution in [3.8, 4) is 0 Å². The quantitative estimate of drug-likeness (QED) is 0.260. The van der Waals surface area contributed by atoms with E-state index in [4.69, 9.17) is 0 Å². The third kappa shape index (κ3) is 8.38. The van der Waals surface area contributed by atoms with Gasteiger partial charge < -0.3 is 15.1 Å². The number of nitrogens with zero attached hydrogens (tertiary/aromatic N) is 1. The van der Waals surface area contributed by atoms with Gasteiger partial charge in [-0.15, -0.1) is 0 Å². The first kappa shape index (κ1) is 26.1. The lowest BCUT2D eigenvalue weighted by Gasteiger charge is -2.21. The van der Waals surface area contributed by atoms with Gasteiger partial charge in [-0.1, -0.05) is 63.8 Å². The highest BCUT2D eigenvalue weighted by Gasteiger charge is 2.43. The van der Waals surface area contributed by atoms with Crippen LogP contribution in [0.5, 0.6) is 0 Å². The number of aliphatic hydroxyl groups excluding tert-OH is 2. The van der Waals surface area contributed by atoms with Gasteiger partial charge in [0.1, 0.15) is 0 Å². The maximum absolute atomic E-state index is 12.4. The van der Waals surface area contributed by atoms with Crippen molar-refractivity contribution in [3.05, 3.63) is 23.8 Å². The first-order valence-electron chi connectivity index (χ1n) is 13.0. The molecule has 4 heteroatoms. The van der Waals surface area contributed by atoms with Crippen LogP contribution in [0.25, 0.3) is 0 Å². The molecule has 2 aliphatic carbocycles. The van der Waals surface area contributed by atoms with Crippen LogP contribution in [0, 0.1) is 17.8 Å². The number of allylic oxidation sites excluding steroid dienone is 2. The number of carbonyl (C=O) groups is 1. The molecule has 2 N–H and O–H groups in total. The van der Waals surface area contributed by atoms with Gasteiger partial charge in [0.2, 0.25) is 5.91 Å². The number of aliphatic hydroxyl groups is 2. The van der Waals surface area contributed by atoms with Crippen LogP contribution in [0.3, 0.4) is 0 Å². The normalized spacial score (nSPS) is 26.3. The number of hydrogen-bond acceptors (Lipinski definition) is 3. The van der Waals surface area contributed by atoms with Gasteiger partial charge in [0.05, 0.1) is 12.2 Å². The molecule has 2 rings (SSSR count). The van der Waals surface area contributed by atoms with E-state index in [9.17, 15) is 15.0 Å². The van der Waals surface area contributed by atoms with Crippen LogP contribution >= 0.6 is 0 Å². The summed E-state index contributed by atoms with van der Waals surface area (Å²) in [5.41, 5.74) is 1.51. The summed E-state index contributed by atoms with van der Waals surface area (Å²) in [6.07, 6.45) is 17.7. The van der Waals surface area contributed by atoms with Gasteiger partial charge in [0.25, 0.3) is 0 Å². The molecule has 0 heterocycles. The maximum Gasteiger partial charge on any atom is 0.222 e. The Morgan fingerprint density at radius 3 is 2.55 bits per heavy atom. The molecule has 1 saturated carbocycles. The summed E-state index contributed by atoms with van der Waals surface area (Å²) in [4.78, 5) is 14.4. The smallest absolute Gasteiger partial charge is 0.222 e. The molecule has 0 aromatic heterocycles. The third-order valence-corrected chi connectivity index (χ3v) is 7.09. The van der Waals surface area contributed by atoms with Crippen molar-refractivity contribution in [1.29, 1.82) is 0 Å². The van der Waals surface area contributed by atoms with E-state index in [1.54, 1.807) is 0 Å². The lowest BCUT2D eigenvalue weighted by molar-refractivity contribution is -0.131. The van der Waals surface area contributed by atoms with Crippen LogP contribution in [0.2, 0.25) is 0 Å². The Morgan fingerprint density at radius 1 is 1.13 bits per heavy atom. The third-order valence-electron chi connectivity index (χ3n) is 7.09. The van der Waals surface area contributed by atoms with Gasteiger partial charge in [-0.05, 0) is 63.2 Å². The minimum absolute atomic E-state index is 0.165. The van der Waals surface area contributed by atoms with E-state index < -0.39 is 0 Å². The fourth-order valence-electron chi connectivity index (χ4n) is 5.43. The van der Waals surface area contributed by atoms with Crippen LogP contribution in [0.4, 0.5) is 0 Å². The Kier molecular flexibility index (Phi) is 11.9. The predicted octanol–water partition coefficient (Wildman–Crippen LogP) is 5.64. The van der Waals surface area contributed by atoms with Crippen molar-refractivity contribution in [2.45, 2.75) is 110 Å². The largest absolute Gasteiger partial charge is 0.392 e. The van der Waals surface area contributed by atoms with Gasteiger partial charge in [0, 0.05) is 25.4 Å². The van der Waals surface area contributed by atoms with E-state index in [2.05, 4.69) is 32.9 Å². The summed E-state index contributed by atoms with van der Waals surface area (Å²) < 4.78 is 0. The minimum Gasteiger partial charge on any atom is -0.392 e. The molecule has 2 aliphatic rings. The Balaban J connectivity index is 1.73. The fourth-order valence-corrected chi connectivity index (χ4v) is 5.43. The monoisotopic (exact) mass is 433 g/mol. The van der Waals surface area contributed by atoms with Gasteiger partial charge in [-0.3, -0.25) is 4.79 Å². The fraction of sp³-hybridized carbons (Fsp3) is 0.815. The summed E-state index contributed by atoms with van der Waals surface area (Å²) in [5.74, 6) is 1.43. The Bertz CT molecular complexity index is 579. The molecule has 0 aliphatic heterocycles. The molecule has 31 heavy (non-hydrogen) atoms. The molecule has 5 atom stereocenters. The standard InChI is InChI=1S/C27H47NO3/c1-4-7-8-12-23(29)14-15-24-25-19-21(18-22(25)20-26(24)30)11-9-10-13-27(31)28(16-5-2)17-6-3/h14-15,18,22-26,29-30H,4-13,16-17,19-20H2,1-3H3/t22-,23-,24+,25-,26+/m0/s1. The second-order valence-corrected chi connectivity index (χ2v) is 9.77. The van der Waals surface area contributed by atoms with Crippen LogP contribution in [-0.4, -0.2) is 46.3 Å². The van der Waals surface area contributed by atoms with Crippen molar-refractivity contribution in [1.82, 2.24) is 4.90 Å². The molecule has 0 unspecified atom stereocenters. The lowest BCUT2D eigenvalue weighted by Crippen LogP contribution is -2.32. The van der Waals surface area contributed by atoms with Crippen molar-refractivity contribution >= 4 is 5.91 Å². The van der Waals surface area contributed by atoms with E-state index in [1.165, 1.54) is 12.0 Å². The maximum atomic E-state index is 12.4. The number of carbonyl (C=O) groups excluding carboxylic acids is 1. The van der Waals surface area contributed by atoms with Gasteiger partial charge in [0.15, 0.2) is 0 Å². The highest BCUT2D eigenvalue weighted by atomic mass is 16.3. The van der Waals surface area contributed by atoms with Crippen LogP contribution in [0.1, 0.15) is 97.8 Å². The molecule has 0 spiro atoms. The zero-order chi connectivity index (χ0) is 22.6. The second kappa shape index (κ2) is 14.1. The minimum atomic E-state index is -0.385. The molecule has 0 bridgehead atoms. The van der Waals surface area contributed by atoms with Crippen LogP contribution in [0.15, 0.2) is 23.8 Å². The Morgan fingerprint density at radius 2 is 1.87 bits per heavy atom. The molecule has 0 saturated heterocycles. The van der Waals surface area contributed by atoms with Crippen LogP contribution in [-0.2, 0) is 4.79 Å². The lowest BCUT2D eigenvalue weighted by atomic mass is 9.88. The summed E-state index contributed by atoms with van der Waals surface area (Å²) in [7, 11) is 0. The zero-order valence-corrected chi connectivity index (χ0v) is 20.3. The van der Waals surface area contributed by atoms with Crippen LogP contribution < -0.4 is 0 Å². The number of rotatable bonds is 15. The first-order valence-corrected chi connectivity index (χ1v) is 13.0. The Hall–Kier alpha value is -1.13. The molecule has 178 valence electrons. The SMILES string of the molecule is CCCCC[C@H](O)C=C[C@@H]1[C@H]2CC(CCCCC(=O)N(CCC)CCC)=C[C@H]2C[C@H]1O. The highest BCUT2D eigenvalue weighted by molar-refractivity contribution is 5.76. The molecule has 0 aromatic carbocycles.